The van der Waals surface area contributed by atoms with Crippen LogP contribution >= 0.6 is 0 Å². The predicted octanol–water partition coefficient (Wildman–Crippen LogP) is 2.55. The molecule has 1 amide bonds. The molecule has 0 unspecified atom stereocenters. The van der Waals surface area contributed by atoms with Crippen LogP contribution in [0, 0.1) is 18.7 Å². The van der Waals surface area contributed by atoms with Crippen LogP contribution in [-0.2, 0) is 4.79 Å². The van der Waals surface area contributed by atoms with E-state index in [-0.39, 0.29) is 17.6 Å². The lowest BCUT2D eigenvalue weighted by Crippen LogP contribution is -2.40. The van der Waals surface area contributed by atoms with Crippen LogP contribution in [0.5, 0.6) is 0 Å². The Morgan fingerprint density at radius 2 is 2.00 bits per heavy atom. The molecule has 1 aliphatic heterocycles. The van der Waals surface area contributed by atoms with E-state index in [0.29, 0.717) is 5.69 Å². The number of hydrogen-bond acceptors (Lipinski definition) is 4. The molecular weight excluding hydrogens is 307 g/mol. The van der Waals surface area contributed by atoms with Crippen molar-refractivity contribution in [2.45, 2.75) is 19.8 Å². The van der Waals surface area contributed by atoms with Gasteiger partial charge in [-0.3, -0.25) is 4.79 Å². The van der Waals surface area contributed by atoms with Crippen molar-refractivity contribution in [3.8, 4) is 11.3 Å². The van der Waals surface area contributed by atoms with Gasteiger partial charge in [0.25, 0.3) is 0 Å². The molecule has 3 rings (SSSR count). The van der Waals surface area contributed by atoms with E-state index in [1.165, 1.54) is 12.1 Å². The van der Waals surface area contributed by atoms with E-state index in [9.17, 15) is 9.18 Å². The maximum Gasteiger partial charge on any atom is 0.222 e. The molecular formula is C18H21FN4O. The van der Waals surface area contributed by atoms with Crippen molar-refractivity contribution >= 4 is 11.7 Å². The molecule has 6 heteroatoms. The highest BCUT2D eigenvalue weighted by atomic mass is 19.1. The van der Waals surface area contributed by atoms with Gasteiger partial charge >= 0.3 is 0 Å². The van der Waals surface area contributed by atoms with Gasteiger partial charge in [0, 0.05) is 31.6 Å². The van der Waals surface area contributed by atoms with Crippen LogP contribution in [0.3, 0.4) is 0 Å². The van der Waals surface area contributed by atoms with Crippen molar-refractivity contribution < 1.29 is 9.18 Å². The van der Waals surface area contributed by atoms with E-state index < -0.39 is 0 Å². The number of piperidine rings is 1. The number of aromatic nitrogens is 2. The molecule has 24 heavy (non-hydrogen) atoms. The van der Waals surface area contributed by atoms with Gasteiger partial charge in [-0.2, -0.15) is 0 Å². The van der Waals surface area contributed by atoms with Gasteiger partial charge in [-0.25, -0.2) is 4.39 Å². The number of rotatable bonds is 3. The third-order valence-electron chi connectivity index (χ3n) is 4.49. The number of nitrogens with one attached hydrogen (secondary N) is 1. The van der Waals surface area contributed by atoms with Crippen molar-refractivity contribution in [1.82, 2.24) is 15.5 Å². The number of carbonyl (C=O) groups excluding carboxylic acids is 1. The molecule has 0 radical (unpaired) electrons. The number of anilines is 1. The molecule has 1 aromatic heterocycles. The lowest BCUT2D eigenvalue weighted by molar-refractivity contribution is -0.125. The van der Waals surface area contributed by atoms with Crippen LogP contribution < -0.4 is 10.2 Å². The summed E-state index contributed by atoms with van der Waals surface area (Å²) in [5.74, 6) is 0.739. The number of aryl methyl sites for hydroxylation is 1. The first kappa shape index (κ1) is 16.4. The summed E-state index contributed by atoms with van der Waals surface area (Å²) in [5.41, 5.74) is 2.38. The minimum Gasteiger partial charge on any atom is -0.359 e. The summed E-state index contributed by atoms with van der Waals surface area (Å²) >= 11 is 0. The molecule has 126 valence electrons. The van der Waals surface area contributed by atoms with Crippen LogP contribution in [0.25, 0.3) is 11.3 Å². The monoisotopic (exact) mass is 328 g/mol. The number of nitrogens with zero attached hydrogens (tertiary/aromatic N) is 3. The Morgan fingerprint density at radius 1 is 1.25 bits per heavy atom. The van der Waals surface area contributed by atoms with Gasteiger partial charge in [0.05, 0.1) is 5.69 Å². The maximum atomic E-state index is 13.4. The molecule has 0 atom stereocenters. The van der Waals surface area contributed by atoms with Crippen LogP contribution in [0.2, 0.25) is 0 Å². The minimum atomic E-state index is -0.285. The van der Waals surface area contributed by atoms with Gasteiger partial charge in [-0.1, -0.05) is 12.1 Å². The fraction of sp³-hybridized carbons (Fsp3) is 0.389. The van der Waals surface area contributed by atoms with Crippen LogP contribution in [0.4, 0.5) is 10.2 Å². The lowest BCUT2D eigenvalue weighted by Gasteiger charge is -2.32. The number of hydrogen-bond donors (Lipinski definition) is 1. The smallest absolute Gasteiger partial charge is 0.222 e. The minimum absolute atomic E-state index is 0.0751. The van der Waals surface area contributed by atoms with Crippen LogP contribution in [0.1, 0.15) is 18.4 Å². The zero-order valence-electron chi connectivity index (χ0n) is 13.9. The highest BCUT2D eigenvalue weighted by Crippen LogP contribution is 2.26. The molecule has 0 bridgehead atoms. The Labute approximate surface area is 140 Å². The molecule has 1 fully saturated rings. The molecule has 0 aliphatic carbocycles. The second-order valence-electron chi connectivity index (χ2n) is 6.12. The molecule has 0 saturated carbocycles. The topological polar surface area (TPSA) is 58.1 Å². The van der Waals surface area contributed by atoms with Gasteiger partial charge < -0.3 is 10.2 Å². The largest absolute Gasteiger partial charge is 0.359 e. The van der Waals surface area contributed by atoms with Crippen molar-refractivity contribution in [3.05, 3.63) is 41.7 Å². The normalized spacial score (nSPS) is 15.4. The van der Waals surface area contributed by atoms with Crippen molar-refractivity contribution in [2.24, 2.45) is 5.92 Å². The number of carbonyl (C=O) groups is 1. The quantitative estimate of drug-likeness (QED) is 0.941. The van der Waals surface area contributed by atoms with Gasteiger partial charge in [-0.15, -0.1) is 10.2 Å². The SMILES string of the molecule is CNC(=O)C1CCN(c2nnc(-c3cccc(F)c3)cc2C)CC1. The Balaban J connectivity index is 1.75. The first-order valence-electron chi connectivity index (χ1n) is 8.15. The zero-order chi connectivity index (χ0) is 17.1. The molecule has 1 saturated heterocycles. The van der Waals surface area contributed by atoms with Crippen LogP contribution in [-0.4, -0.2) is 36.2 Å². The summed E-state index contributed by atoms with van der Waals surface area (Å²) in [5, 5.41) is 11.3. The Hall–Kier alpha value is -2.50. The van der Waals surface area contributed by atoms with Crippen molar-refractivity contribution in [1.29, 1.82) is 0 Å². The summed E-state index contributed by atoms with van der Waals surface area (Å²) in [7, 11) is 1.68. The summed E-state index contributed by atoms with van der Waals surface area (Å²) in [6.07, 6.45) is 1.62. The summed E-state index contributed by atoms with van der Waals surface area (Å²) in [4.78, 5) is 13.9. The number of halogens is 1. The van der Waals surface area contributed by atoms with Crippen molar-refractivity contribution in [2.75, 3.05) is 25.0 Å². The highest BCUT2D eigenvalue weighted by molar-refractivity contribution is 5.78. The van der Waals surface area contributed by atoms with E-state index in [0.717, 1.165) is 42.9 Å². The predicted molar refractivity (Wildman–Crippen MR) is 91.2 cm³/mol. The Kier molecular flexibility index (Phi) is 4.74. The third-order valence-corrected chi connectivity index (χ3v) is 4.49. The van der Waals surface area contributed by atoms with Crippen LogP contribution in [0.15, 0.2) is 30.3 Å². The lowest BCUT2D eigenvalue weighted by atomic mass is 9.96. The Morgan fingerprint density at radius 3 is 2.62 bits per heavy atom. The first-order valence-corrected chi connectivity index (χ1v) is 8.15. The maximum absolute atomic E-state index is 13.4. The molecule has 5 nitrogen and oxygen atoms in total. The number of amides is 1. The molecule has 1 aliphatic rings. The molecule has 1 N–H and O–H groups in total. The standard InChI is InChI=1S/C18H21FN4O/c1-12-10-16(14-4-3-5-15(19)11-14)21-22-17(12)23-8-6-13(7-9-23)18(24)20-2/h3-5,10-11,13H,6-9H2,1-2H3,(H,20,24). The Bertz CT molecular complexity index is 742. The van der Waals surface area contributed by atoms with Gasteiger partial charge in [-0.05, 0) is 43.5 Å². The molecule has 2 heterocycles. The average molecular weight is 328 g/mol. The first-order chi connectivity index (χ1) is 11.6. The van der Waals surface area contributed by atoms with E-state index >= 15 is 0 Å². The fourth-order valence-electron chi connectivity index (χ4n) is 3.14. The highest BCUT2D eigenvalue weighted by Gasteiger charge is 2.25. The van der Waals surface area contributed by atoms with Crippen molar-refractivity contribution in [3.63, 3.8) is 0 Å². The molecule has 2 aromatic rings. The van der Waals surface area contributed by atoms with E-state index in [1.54, 1.807) is 13.1 Å². The number of benzene rings is 1. The summed E-state index contributed by atoms with van der Waals surface area (Å²) in [6.45, 7) is 3.55. The second-order valence-corrected chi connectivity index (χ2v) is 6.12. The fourth-order valence-corrected chi connectivity index (χ4v) is 3.14. The van der Waals surface area contributed by atoms with Gasteiger partial charge in [0.15, 0.2) is 5.82 Å². The van der Waals surface area contributed by atoms with Gasteiger partial charge in [0.1, 0.15) is 5.82 Å². The van der Waals surface area contributed by atoms with E-state index in [1.807, 2.05) is 19.1 Å². The third kappa shape index (κ3) is 3.37. The van der Waals surface area contributed by atoms with E-state index in [4.69, 9.17) is 0 Å². The average Bonchev–Trinajstić information content (AvgIpc) is 2.61. The second kappa shape index (κ2) is 6.95. The zero-order valence-corrected chi connectivity index (χ0v) is 13.9. The molecule has 0 spiro atoms. The summed E-state index contributed by atoms with van der Waals surface area (Å²) in [6, 6.07) is 8.29. The molecule has 1 aromatic carbocycles. The van der Waals surface area contributed by atoms with Gasteiger partial charge in [0.2, 0.25) is 5.91 Å². The van der Waals surface area contributed by atoms with E-state index in [2.05, 4.69) is 20.4 Å². The summed E-state index contributed by atoms with van der Waals surface area (Å²) < 4.78 is 13.4.